The summed E-state index contributed by atoms with van der Waals surface area (Å²) in [5.41, 5.74) is 0.683. The molecule has 1 amide bonds. The van der Waals surface area contributed by atoms with Gasteiger partial charge in [0, 0.05) is 49.1 Å². The third-order valence-corrected chi connectivity index (χ3v) is 7.76. The molecule has 0 bridgehead atoms. The first-order valence-corrected chi connectivity index (χ1v) is 12.8. The second-order valence-corrected chi connectivity index (χ2v) is 10.1. The molecule has 4 rings (SSSR count). The fourth-order valence-corrected chi connectivity index (χ4v) is 5.94. The topological polar surface area (TPSA) is 66.7 Å². The fraction of sp³-hybridized carbons (Fsp3) is 0.667. The Balaban J connectivity index is 1.15. The number of hydrogen-bond acceptors (Lipinski definition) is 6. The number of likely N-dealkylation sites (tertiary alicyclic amines) is 1. The molecule has 2 aromatic heterocycles. The number of nitrogens with zero attached hydrogens (tertiary/aromatic N) is 3. The Hall–Kier alpha value is -1.38. The lowest BCUT2D eigenvalue weighted by molar-refractivity contribution is -0.119. The van der Waals surface area contributed by atoms with Gasteiger partial charge < -0.3 is 10.2 Å². The summed E-state index contributed by atoms with van der Waals surface area (Å²) in [5, 5.41) is 5.05. The van der Waals surface area contributed by atoms with Crippen molar-refractivity contribution in [2.24, 2.45) is 5.92 Å². The summed E-state index contributed by atoms with van der Waals surface area (Å²) in [6.07, 6.45) is 10.9. The van der Waals surface area contributed by atoms with Crippen molar-refractivity contribution in [2.75, 3.05) is 25.4 Å². The van der Waals surface area contributed by atoms with Crippen molar-refractivity contribution in [1.82, 2.24) is 19.6 Å². The Bertz CT molecular complexity index is 867. The first kappa shape index (κ1) is 20.9. The van der Waals surface area contributed by atoms with Crippen LogP contribution >= 0.6 is 23.1 Å². The maximum atomic E-state index is 12.3. The minimum Gasteiger partial charge on any atom is -0.353 e. The summed E-state index contributed by atoms with van der Waals surface area (Å²) < 4.78 is 1.55. The van der Waals surface area contributed by atoms with Crippen LogP contribution in [-0.2, 0) is 10.5 Å². The van der Waals surface area contributed by atoms with Gasteiger partial charge in [-0.1, -0.05) is 19.3 Å². The lowest BCUT2D eigenvalue weighted by Crippen LogP contribution is -2.46. The number of piperidine rings is 1. The van der Waals surface area contributed by atoms with E-state index in [1.165, 1.54) is 61.7 Å². The second-order valence-electron chi connectivity index (χ2n) is 8.28. The van der Waals surface area contributed by atoms with Gasteiger partial charge in [0.05, 0.1) is 11.4 Å². The molecule has 1 aliphatic heterocycles. The van der Waals surface area contributed by atoms with E-state index >= 15 is 0 Å². The minimum absolute atomic E-state index is 0.0590. The van der Waals surface area contributed by atoms with Gasteiger partial charge in [0.15, 0.2) is 4.96 Å². The number of fused-ring (bicyclic) bond motifs is 1. The van der Waals surface area contributed by atoms with Crippen molar-refractivity contribution in [3.05, 3.63) is 33.7 Å². The maximum absolute atomic E-state index is 12.3. The van der Waals surface area contributed by atoms with E-state index in [0.29, 0.717) is 22.5 Å². The molecule has 8 heteroatoms. The molecule has 0 spiro atoms. The molecule has 0 radical (unpaired) electrons. The molecule has 0 aromatic carbocycles. The molecule has 0 unspecified atom stereocenters. The van der Waals surface area contributed by atoms with E-state index in [9.17, 15) is 9.59 Å². The van der Waals surface area contributed by atoms with Crippen LogP contribution in [0.5, 0.6) is 0 Å². The van der Waals surface area contributed by atoms with Crippen molar-refractivity contribution >= 4 is 34.0 Å². The van der Waals surface area contributed by atoms with Crippen LogP contribution in [0.2, 0.25) is 0 Å². The maximum Gasteiger partial charge on any atom is 0.258 e. The molecule has 2 aromatic rings. The molecular weight excluding hydrogens is 404 g/mol. The van der Waals surface area contributed by atoms with Gasteiger partial charge in [-0.05, 0) is 31.6 Å². The number of rotatable bonds is 7. The lowest BCUT2D eigenvalue weighted by atomic mass is 9.88. The Morgan fingerprint density at radius 1 is 1.21 bits per heavy atom. The van der Waals surface area contributed by atoms with E-state index in [1.807, 2.05) is 5.38 Å². The smallest absolute Gasteiger partial charge is 0.258 e. The third-order valence-electron chi connectivity index (χ3n) is 6.03. The van der Waals surface area contributed by atoms with Gasteiger partial charge in [-0.2, -0.15) is 0 Å². The van der Waals surface area contributed by atoms with Crippen molar-refractivity contribution in [2.45, 2.75) is 56.7 Å². The van der Waals surface area contributed by atoms with E-state index in [1.54, 1.807) is 16.7 Å². The largest absolute Gasteiger partial charge is 0.353 e. The molecule has 3 heterocycles. The fourth-order valence-electron chi connectivity index (χ4n) is 4.47. The van der Waals surface area contributed by atoms with Crippen LogP contribution in [-0.4, -0.2) is 51.6 Å². The highest BCUT2D eigenvalue weighted by Gasteiger charge is 2.23. The molecule has 6 nitrogen and oxygen atoms in total. The molecule has 1 N–H and O–H groups in total. The number of thiazole rings is 1. The number of amides is 1. The molecule has 2 fully saturated rings. The molecule has 29 heavy (non-hydrogen) atoms. The summed E-state index contributed by atoms with van der Waals surface area (Å²) in [4.78, 5) is 32.1. The first-order valence-electron chi connectivity index (χ1n) is 10.7. The van der Waals surface area contributed by atoms with Crippen LogP contribution in [0.25, 0.3) is 4.96 Å². The van der Waals surface area contributed by atoms with E-state index in [0.717, 1.165) is 37.5 Å². The number of thioether (sulfide) groups is 1. The van der Waals surface area contributed by atoms with Crippen LogP contribution in [0.4, 0.5) is 0 Å². The van der Waals surface area contributed by atoms with Gasteiger partial charge in [-0.25, -0.2) is 4.98 Å². The van der Waals surface area contributed by atoms with Crippen LogP contribution in [0, 0.1) is 5.92 Å². The number of carbonyl (C=O) groups excluding carboxylic acids is 1. The van der Waals surface area contributed by atoms with Gasteiger partial charge in [-0.3, -0.25) is 14.0 Å². The van der Waals surface area contributed by atoms with Crippen LogP contribution in [0.1, 0.15) is 50.6 Å². The number of carbonyl (C=O) groups is 1. The monoisotopic (exact) mass is 434 g/mol. The van der Waals surface area contributed by atoms with Crippen molar-refractivity contribution in [3.63, 3.8) is 0 Å². The summed E-state index contributed by atoms with van der Waals surface area (Å²) in [7, 11) is 0. The summed E-state index contributed by atoms with van der Waals surface area (Å²) in [5.74, 6) is 1.97. The van der Waals surface area contributed by atoms with Crippen LogP contribution < -0.4 is 10.9 Å². The normalized spacial score (nSPS) is 19.6. The number of hydrogen-bond donors (Lipinski definition) is 1. The molecule has 1 aliphatic carbocycles. The standard InChI is InChI=1S/C21H30N4O2S2/c26-19(15-28-14-18-12-20(27)25-10-11-29-21(25)23-18)22-17-6-8-24(9-7-17)13-16-4-2-1-3-5-16/h10-12,16-17H,1-9,13-15H2,(H,22,26). The Kier molecular flexibility index (Phi) is 7.26. The van der Waals surface area contributed by atoms with Crippen molar-refractivity contribution < 1.29 is 4.79 Å². The van der Waals surface area contributed by atoms with E-state index in [2.05, 4.69) is 15.2 Å². The van der Waals surface area contributed by atoms with Gasteiger partial charge in [0.1, 0.15) is 0 Å². The molecular formula is C21H30N4O2S2. The third kappa shape index (κ3) is 5.83. The van der Waals surface area contributed by atoms with E-state index in [-0.39, 0.29) is 11.5 Å². The van der Waals surface area contributed by atoms with Gasteiger partial charge in [0.25, 0.3) is 5.56 Å². The summed E-state index contributed by atoms with van der Waals surface area (Å²) in [6.45, 7) is 3.45. The average Bonchev–Trinajstić information content (AvgIpc) is 3.20. The van der Waals surface area contributed by atoms with Gasteiger partial charge in [-0.15, -0.1) is 23.1 Å². The number of nitrogens with one attached hydrogen (secondary N) is 1. The average molecular weight is 435 g/mol. The van der Waals surface area contributed by atoms with Crippen LogP contribution in [0.3, 0.4) is 0 Å². The Morgan fingerprint density at radius 3 is 2.79 bits per heavy atom. The highest BCUT2D eigenvalue weighted by atomic mass is 32.2. The quantitative estimate of drug-likeness (QED) is 0.725. The molecule has 158 valence electrons. The molecule has 0 atom stereocenters. The highest BCUT2D eigenvalue weighted by molar-refractivity contribution is 7.99. The SMILES string of the molecule is O=C(CSCc1cc(=O)n2ccsc2n1)NC1CCN(CC2CCCCC2)CC1. The van der Waals surface area contributed by atoms with Crippen molar-refractivity contribution in [1.29, 1.82) is 0 Å². The first-order chi connectivity index (χ1) is 14.2. The minimum atomic E-state index is -0.0590. The second kappa shape index (κ2) is 10.1. The Morgan fingerprint density at radius 2 is 2.00 bits per heavy atom. The van der Waals surface area contributed by atoms with E-state index in [4.69, 9.17) is 0 Å². The molecule has 2 aliphatic rings. The lowest BCUT2D eigenvalue weighted by Gasteiger charge is -2.35. The van der Waals surface area contributed by atoms with E-state index < -0.39 is 0 Å². The summed E-state index contributed by atoms with van der Waals surface area (Å²) >= 11 is 2.97. The van der Waals surface area contributed by atoms with Gasteiger partial charge >= 0.3 is 0 Å². The molecule has 1 saturated heterocycles. The molecule has 1 saturated carbocycles. The zero-order valence-corrected chi connectivity index (χ0v) is 18.5. The van der Waals surface area contributed by atoms with Crippen LogP contribution in [0.15, 0.2) is 22.4 Å². The predicted molar refractivity (Wildman–Crippen MR) is 120 cm³/mol. The zero-order valence-electron chi connectivity index (χ0n) is 16.8. The van der Waals surface area contributed by atoms with Gasteiger partial charge in [0.2, 0.25) is 5.91 Å². The number of aromatic nitrogens is 2. The van der Waals surface area contributed by atoms with Crippen molar-refractivity contribution in [3.8, 4) is 0 Å². The highest BCUT2D eigenvalue weighted by Crippen LogP contribution is 2.25. The summed E-state index contributed by atoms with van der Waals surface area (Å²) in [6, 6.07) is 1.86. The predicted octanol–water partition coefficient (Wildman–Crippen LogP) is 3.15. The Labute approximate surface area is 180 Å². The zero-order chi connectivity index (χ0) is 20.1.